The Morgan fingerprint density at radius 2 is 1.96 bits per heavy atom. The van der Waals surface area contributed by atoms with Crippen molar-refractivity contribution in [2.24, 2.45) is 4.99 Å². The zero-order valence-electron chi connectivity index (χ0n) is 17.2. The number of piperazine rings is 1. The number of fused-ring (bicyclic) bond motifs is 2. The number of guanidine groups is 1. The second-order valence-electron chi connectivity index (χ2n) is 8.68. The van der Waals surface area contributed by atoms with Gasteiger partial charge in [0, 0.05) is 49.9 Å². The summed E-state index contributed by atoms with van der Waals surface area (Å²) in [7, 11) is 4.45. The van der Waals surface area contributed by atoms with Crippen LogP contribution in [-0.4, -0.2) is 75.2 Å². The molecule has 5 heteroatoms. The van der Waals surface area contributed by atoms with E-state index in [0.29, 0.717) is 11.5 Å². The average Bonchev–Trinajstić information content (AvgIpc) is 3.28. The van der Waals surface area contributed by atoms with Gasteiger partial charge in [0.1, 0.15) is 0 Å². The number of anilines is 1. The Bertz CT molecular complexity index is 679. The molecule has 0 aromatic heterocycles. The van der Waals surface area contributed by atoms with Crippen molar-refractivity contribution in [1.29, 1.82) is 0 Å². The lowest BCUT2D eigenvalue weighted by Gasteiger charge is -2.37. The molecular formula is C22H35N5. The second-order valence-corrected chi connectivity index (χ2v) is 8.68. The highest BCUT2D eigenvalue weighted by Gasteiger charge is 2.45. The Hall–Kier alpha value is -1.59. The van der Waals surface area contributed by atoms with E-state index in [4.69, 9.17) is 4.99 Å². The molecule has 148 valence electrons. The molecule has 1 N–H and O–H groups in total. The van der Waals surface area contributed by atoms with E-state index < -0.39 is 0 Å². The Labute approximate surface area is 164 Å². The van der Waals surface area contributed by atoms with Crippen LogP contribution in [0.3, 0.4) is 0 Å². The number of hydrogen-bond acceptors (Lipinski definition) is 3. The summed E-state index contributed by atoms with van der Waals surface area (Å²) in [5.74, 6) is 1.07. The molecular weight excluding hydrogens is 334 g/mol. The molecule has 2 aliphatic heterocycles. The van der Waals surface area contributed by atoms with Crippen molar-refractivity contribution in [3.8, 4) is 0 Å². The van der Waals surface area contributed by atoms with Crippen LogP contribution in [-0.2, 0) is 5.41 Å². The first-order valence-corrected chi connectivity index (χ1v) is 10.7. The molecule has 1 aromatic carbocycles. The molecule has 5 nitrogen and oxygen atoms in total. The highest BCUT2D eigenvalue weighted by Crippen LogP contribution is 2.50. The van der Waals surface area contributed by atoms with Crippen LogP contribution in [0.15, 0.2) is 29.3 Å². The number of hydrogen-bond donors (Lipinski definition) is 1. The lowest BCUT2D eigenvalue weighted by Crippen LogP contribution is -2.52. The molecule has 1 aromatic rings. The van der Waals surface area contributed by atoms with Gasteiger partial charge in [-0.05, 0) is 45.5 Å². The number of para-hydroxylation sites is 1. The third kappa shape index (κ3) is 3.59. The lowest BCUT2D eigenvalue weighted by atomic mass is 9.81. The molecule has 1 saturated carbocycles. The van der Waals surface area contributed by atoms with Gasteiger partial charge in [0.15, 0.2) is 5.96 Å². The third-order valence-corrected chi connectivity index (χ3v) is 6.81. The second kappa shape index (κ2) is 7.80. The van der Waals surface area contributed by atoms with Gasteiger partial charge >= 0.3 is 0 Å². The quantitative estimate of drug-likeness (QED) is 0.656. The van der Waals surface area contributed by atoms with Crippen LogP contribution >= 0.6 is 0 Å². The average molecular weight is 370 g/mol. The van der Waals surface area contributed by atoms with E-state index in [1.807, 2.05) is 0 Å². The Balaban J connectivity index is 1.58. The minimum absolute atomic E-state index is 0.342. The predicted octanol–water partition coefficient (Wildman–Crippen LogP) is 2.53. The maximum Gasteiger partial charge on any atom is 0.198 e. The van der Waals surface area contributed by atoms with Gasteiger partial charge in [-0.25, -0.2) is 0 Å². The summed E-state index contributed by atoms with van der Waals surface area (Å²) in [4.78, 5) is 12.5. The van der Waals surface area contributed by atoms with E-state index in [1.165, 1.54) is 31.4 Å². The Morgan fingerprint density at radius 3 is 2.74 bits per heavy atom. The molecule has 1 atom stereocenters. The Morgan fingerprint density at radius 1 is 1.19 bits per heavy atom. The summed E-state index contributed by atoms with van der Waals surface area (Å²) in [6.45, 7) is 8.39. The normalized spacial score (nSPS) is 26.0. The van der Waals surface area contributed by atoms with Gasteiger partial charge in [0.25, 0.3) is 0 Å². The minimum atomic E-state index is 0.342. The van der Waals surface area contributed by atoms with Gasteiger partial charge in [0.05, 0.1) is 6.54 Å². The van der Waals surface area contributed by atoms with Crippen molar-refractivity contribution in [3.63, 3.8) is 0 Å². The number of rotatable bonds is 3. The molecule has 1 unspecified atom stereocenters. The van der Waals surface area contributed by atoms with Crippen LogP contribution < -0.4 is 10.2 Å². The number of aliphatic imine (C=N–C) groups is 1. The molecule has 1 aliphatic carbocycles. The largest absolute Gasteiger partial charge is 0.356 e. The first kappa shape index (κ1) is 18.8. The van der Waals surface area contributed by atoms with Crippen molar-refractivity contribution in [1.82, 2.24) is 15.1 Å². The third-order valence-electron chi connectivity index (χ3n) is 6.81. The first-order chi connectivity index (χ1) is 13.1. The Kier molecular flexibility index (Phi) is 5.42. The number of benzene rings is 1. The van der Waals surface area contributed by atoms with Gasteiger partial charge in [-0.3, -0.25) is 9.89 Å². The van der Waals surface area contributed by atoms with E-state index in [0.717, 1.165) is 45.2 Å². The highest BCUT2D eigenvalue weighted by molar-refractivity contribution is 5.98. The summed E-state index contributed by atoms with van der Waals surface area (Å²) < 4.78 is 0. The van der Waals surface area contributed by atoms with Gasteiger partial charge in [0.2, 0.25) is 0 Å². The first-order valence-electron chi connectivity index (χ1n) is 10.7. The smallest absolute Gasteiger partial charge is 0.198 e. The maximum atomic E-state index is 5.12. The summed E-state index contributed by atoms with van der Waals surface area (Å²) in [6.07, 6.45) is 5.34. The number of likely N-dealkylation sites (N-methyl/N-ethyl adjacent to an activating group) is 2. The standard InChI is InChI=1S/C22H35N5/c1-4-23-21(24-15-18-16-25(2)13-14-26(18)3)27-17-22(11-7-8-12-22)19-9-5-6-10-20(19)27/h5-6,9-10,18H,4,7-8,11-17H2,1-3H3,(H,23,24). The van der Waals surface area contributed by atoms with Crippen LogP contribution in [0.1, 0.15) is 38.2 Å². The van der Waals surface area contributed by atoms with Gasteiger partial charge in [-0.1, -0.05) is 31.0 Å². The lowest BCUT2D eigenvalue weighted by molar-refractivity contribution is 0.119. The van der Waals surface area contributed by atoms with Crippen molar-refractivity contribution in [2.45, 2.75) is 44.1 Å². The molecule has 0 amide bonds. The predicted molar refractivity (Wildman–Crippen MR) is 114 cm³/mol. The molecule has 1 saturated heterocycles. The molecule has 4 rings (SSSR count). The van der Waals surface area contributed by atoms with Gasteiger partial charge in [-0.2, -0.15) is 0 Å². The van der Waals surface area contributed by atoms with Crippen molar-refractivity contribution < 1.29 is 0 Å². The van der Waals surface area contributed by atoms with E-state index in [9.17, 15) is 0 Å². The van der Waals surface area contributed by atoms with Crippen molar-refractivity contribution in [3.05, 3.63) is 29.8 Å². The van der Waals surface area contributed by atoms with Crippen LogP contribution in [0.4, 0.5) is 5.69 Å². The molecule has 27 heavy (non-hydrogen) atoms. The fourth-order valence-electron chi connectivity index (χ4n) is 5.18. The zero-order valence-corrected chi connectivity index (χ0v) is 17.2. The zero-order chi connectivity index (χ0) is 18.9. The summed E-state index contributed by atoms with van der Waals surface area (Å²) >= 11 is 0. The maximum absolute atomic E-state index is 5.12. The topological polar surface area (TPSA) is 34.1 Å². The summed E-state index contributed by atoms with van der Waals surface area (Å²) in [5, 5.41) is 3.58. The van der Waals surface area contributed by atoms with E-state index in [1.54, 1.807) is 5.56 Å². The van der Waals surface area contributed by atoms with E-state index >= 15 is 0 Å². The molecule has 1 spiro atoms. The molecule has 0 bridgehead atoms. The summed E-state index contributed by atoms with van der Waals surface area (Å²) in [5.41, 5.74) is 3.25. The minimum Gasteiger partial charge on any atom is -0.356 e. The molecule has 2 heterocycles. The van der Waals surface area contributed by atoms with Gasteiger partial charge in [-0.15, -0.1) is 0 Å². The molecule has 3 aliphatic rings. The van der Waals surface area contributed by atoms with E-state index in [-0.39, 0.29) is 0 Å². The van der Waals surface area contributed by atoms with E-state index in [2.05, 4.69) is 65.3 Å². The van der Waals surface area contributed by atoms with Crippen molar-refractivity contribution >= 4 is 11.6 Å². The highest BCUT2D eigenvalue weighted by atomic mass is 15.3. The van der Waals surface area contributed by atoms with Crippen molar-refractivity contribution in [2.75, 3.05) is 58.3 Å². The fourth-order valence-corrected chi connectivity index (χ4v) is 5.18. The van der Waals surface area contributed by atoms with Crippen LogP contribution in [0.25, 0.3) is 0 Å². The number of nitrogens with one attached hydrogen (secondary N) is 1. The van der Waals surface area contributed by atoms with Gasteiger partial charge < -0.3 is 15.1 Å². The SMILES string of the molecule is CCNC(=NCC1CN(C)CCN1C)N1CC2(CCCC2)c2ccccc21. The summed E-state index contributed by atoms with van der Waals surface area (Å²) in [6, 6.07) is 9.52. The monoisotopic (exact) mass is 369 g/mol. The van der Waals surface area contributed by atoms with Crippen LogP contribution in [0.2, 0.25) is 0 Å². The number of nitrogens with zero attached hydrogens (tertiary/aromatic N) is 4. The van der Waals surface area contributed by atoms with Crippen LogP contribution in [0.5, 0.6) is 0 Å². The van der Waals surface area contributed by atoms with Crippen LogP contribution in [0, 0.1) is 0 Å². The molecule has 0 radical (unpaired) electrons. The molecule has 2 fully saturated rings. The fraction of sp³-hybridized carbons (Fsp3) is 0.682.